The summed E-state index contributed by atoms with van der Waals surface area (Å²) in [5.41, 5.74) is 0. The van der Waals surface area contributed by atoms with E-state index in [1.54, 1.807) is 0 Å². The number of thiol groups is 1. The van der Waals surface area contributed by atoms with Crippen LogP contribution in [0.15, 0.2) is 0 Å². The lowest BCUT2D eigenvalue weighted by Gasteiger charge is -2.31. The summed E-state index contributed by atoms with van der Waals surface area (Å²) in [5, 5.41) is 0. The molecular weight excluding hydrogens is 180 g/mol. The topological polar surface area (TPSA) is 6.48 Å². The number of rotatable bonds is 6. The van der Waals surface area contributed by atoms with Crippen LogP contribution in [0.25, 0.3) is 0 Å². The third-order valence-corrected chi connectivity index (χ3v) is 3.44. The van der Waals surface area contributed by atoms with Crippen LogP contribution in [0.5, 0.6) is 0 Å². The van der Waals surface area contributed by atoms with Crippen molar-refractivity contribution in [3.8, 4) is 0 Å². The minimum Gasteiger partial charge on any atom is -0.308 e. The summed E-state index contributed by atoms with van der Waals surface area (Å²) in [5.74, 6) is 0.784. The number of likely N-dealkylation sites (N-methyl/N-ethyl adjacent to an activating group) is 1. The van der Waals surface area contributed by atoms with E-state index in [1.165, 1.54) is 19.6 Å². The monoisotopic (exact) mass is 206 g/mol. The van der Waals surface area contributed by atoms with E-state index in [1.807, 2.05) is 0 Å². The van der Waals surface area contributed by atoms with Crippen molar-refractivity contribution >= 4 is 11.1 Å². The van der Waals surface area contributed by atoms with Gasteiger partial charge in [-0.2, -0.15) is 0 Å². The Kier molecular flexibility index (Phi) is 6.82. The fraction of sp³-hybridized carbons (Fsp3) is 1.00. The van der Waals surface area contributed by atoms with Gasteiger partial charge < -0.3 is 4.90 Å². The van der Waals surface area contributed by atoms with Gasteiger partial charge >= 0.3 is 0 Å². The Bertz CT molecular complexity index is 124. The standard InChI is InChI=1S/C10H26N2S/c1-10(2)9-12(13(5)6)8-7-11(3)4/h10,13H,7-9H2,1-6H3. The van der Waals surface area contributed by atoms with Crippen molar-refractivity contribution in [1.82, 2.24) is 9.21 Å². The molecule has 13 heavy (non-hydrogen) atoms. The zero-order chi connectivity index (χ0) is 10.4. The van der Waals surface area contributed by atoms with Crippen LogP contribution < -0.4 is 0 Å². The van der Waals surface area contributed by atoms with Gasteiger partial charge in [0.2, 0.25) is 0 Å². The molecule has 0 aromatic carbocycles. The highest BCUT2D eigenvalue weighted by Crippen LogP contribution is 2.21. The molecule has 0 radical (unpaired) electrons. The highest BCUT2D eigenvalue weighted by Gasteiger charge is 2.08. The molecule has 0 saturated carbocycles. The smallest absolute Gasteiger partial charge is 0.0199 e. The van der Waals surface area contributed by atoms with Gasteiger partial charge in [-0.3, -0.25) is 4.31 Å². The molecule has 0 atom stereocenters. The second-order valence-electron chi connectivity index (χ2n) is 4.46. The largest absolute Gasteiger partial charge is 0.308 e. The van der Waals surface area contributed by atoms with Crippen LogP contribution >= 0.6 is 11.1 Å². The Morgan fingerprint density at radius 3 is 1.92 bits per heavy atom. The Labute approximate surface area is 86.8 Å². The van der Waals surface area contributed by atoms with E-state index in [0.717, 1.165) is 5.92 Å². The van der Waals surface area contributed by atoms with Gasteiger partial charge in [0.15, 0.2) is 0 Å². The maximum atomic E-state index is 2.61. The third kappa shape index (κ3) is 7.35. The first kappa shape index (κ1) is 13.3. The van der Waals surface area contributed by atoms with Crippen LogP contribution in [0, 0.1) is 5.92 Å². The molecular formula is C10H26N2S. The van der Waals surface area contributed by atoms with Crippen molar-refractivity contribution in [2.45, 2.75) is 13.8 Å². The lowest BCUT2D eigenvalue weighted by molar-refractivity contribution is 0.330. The SMILES string of the molecule is CC(C)CN(CCN(C)C)[SH](C)C. The van der Waals surface area contributed by atoms with Crippen LogP contribution in [0.2, 0.25) is 0 Å². The number of hydrogen-bond donors (Lipinski definition) is 1. The van der Waals surface area contributed by atoms with Crippen molar-refractivity contribution in [3.63, 3.8) is 0 Å². The normalized spacial score (nSPS) is 13.2. The number of hydrogen-bond acceptors (Lipinski definition) is 2. The number of nitrogens with zero attached hydrogens (tertiary/aromatic N) is 2. The molecule has 0 spiro atoms. The van der Waals surface area contributed by atoms with Gasteiger partial charge in [0.1, 0.15) is 0 Å². The molecule has 0 bridgehead atoms. The molecule has 0 aliphatic carbocycles. The molecule has 0 unspecified atom stereocenters. The molecule has 82 valence electrons. The van der Waals surface area contributed by atoms with Gasteiger partial charge in [-0.25, -0.2) is 11.1 Å². The molecule has 2 nitrogen and oxygen atoms in total. The summed E-state index contributed by atoms with van der Waals surface area (Å²) in [4.78, 5) is 2.26. The van der Waals surface area contributed by atoms with E-state index in [2.05, 4.69) is 49.7 Å². The molecule has 0 fully saturated rings. The van der Waals surface area contributed by atoms with Crippen molar-refractivity contribution in [2.24, 2.45) is 5.92 Å². The summed E-state index contributed by atoms with van der Waals surface area (Å²) >= 11 is 0.0796. The average molecular weight is 206 g/mol. The molecule has 0 heterocycles. The van der Waals surface area contributed by atoms with E-state index in [0.29, 0.717) is 0 Å². The molecule has 0 N–H and O–H groups in total. The van der Waals surface area contributed by atoms with E-state index >= 15 is 0 Å². The Hall–Kier alpha value is 0.270. The van der Waals surface area contributed by atoms with Crippen molar-refractivity contribution < 1.29 is 0 Å². The molecule has 0 amide bonds. The maximum Gasteiger partial charge on any atom is 0.0199 e. The van der Waals surface area contributed by atoms with E-state index in [-0.39, 0.29) is 11.1 Å². The maximum absolute atomic E-state index is 2.61. The highest BCUT2D eigenvalue weighted by atomic mass is 32.2. The van der Waals surface area contributed by atoms with E-state index < -0.39 is 0 Å². The van der Waals surface area contributed by atoms with E-state index in [9.17, 15) is 0 Å². The van der Waals surface area contributed by atoms with Gasteiger partial charge in [0.05, 0.1) is 0 Å². The zero-order valence-corrected chi connectivity index (χ0v) is 10.9. The van der Waals surface area contributed by atoms with Gasteiger partial charge in [-0.1, -0.05) is 13.8 Å². The highest BCUT2D eigenvalue weighted by molar-refractivity contribution is 8.13. The Morgan fingerprint density at radius 2 is 1.62 bits per heavy atom. The zero-order valence-electron chi connectivity index (χ0n) is 10.0. The minimum atomic E-state index is 0.0796. The summed E-state index contributed by atoms with van der Waals surface area (Å²) in [7, 11) is 4.28. The van der Waals surface area contributed by atoms with Crippen LogP contribution in [0.1, 0.15) is 13.8 Å². The van der Waals surface area contributed by atoms with Gasteiger partial charge in [0, 0.05) is 19.6 Å². The van der Waals surface area contributed by atoms with Gasteiger partial charge in [0.25, 0.3) is 0 Å². The van der Waals surface area contributed by atoms with Crippen molar-refractivity contribution in [3.05, 3.63) is 0 Å². The lowest BCUT2D eigenvalue weighted by atomic mass is 10.2. The Morgan fingerprint density at radius 1 is 1.08 bits per heavy atom. The van der Waals surface area contributed by atoms with Crippen molar-refractivity contribution in [2.75, 3.05) is 46.2 Å². The van der Waals surface area contributed by atoms with Crippen molar-refractivity contribution in [1.29, 1.82) is 0 Å². The van der Waals surface area contributed by atoms with Crippen LogP contribution in [0.4, 0.5) is 0 Å². The summed E-state index contributed by atoms with van der Waals surface area (Å²) in [6.45, 7) is 8.21. The van der Waals surface area contributed by atoms with Crippen LogP contribution in [0.3, 0.4) is 0 Å². The lowest BCUT2D eigenvalue weighted by Crippen LogP contribution is -2.31. The minimum absolute atomic E-state index is 0.0796. The molecule has 0 aliphatic rings. The van der Waals surface area contributed by atoms with Crippen LogP contribution in [-0.4, -0.2) is 55.4 Å². The second kappa shape index (κ2) is 6.68. The average Bonchev–Trinajstić information content (AvgIpc) is 1.96. The molecule has 0 aromatic heterocycles. The predicted molar refractivity (Wildman–Crippen MR) is 65.8 cm³/mol. The van der Waals surface area contributed by atoms with Gasteiger partial charge in [-0.15, -0.1) is 0 Å². The predicted octanol–water partition coefficient (Wildman–Crippen LogP) is 1.68. The van der Waals surface area contributed by atoms with E-state index in [4.69, 9.17) is 0 Å². The molecule has 0 aromatic rings. The summed E-state index contributed by atoms with van der Waals surface area (Å²) < 4.78 is 2.61. The van der Waals surface area contributed by atoms with Gasteiger partial charge in [-0.05, 0) is 32.5 Å². The first-order valence-electron chi connectivity index (χ1n) is 5.00. The molecule has 0 rings (SSSR count). The Balaban J connectivity index is 3.81. The summed E-state index contributed by atoms with van der Waals surface area (Å²) in [6.07, 6.45) is 4.68. The van der Waals surface area contributed by atoms with Crippen LogP contribution in [-0.2, 0) is 0 Å². The first-order valence-corrected chi connectivity index (χ1v) is 7.19. The fourth-order valence-electron chi connectivity index (χ4n) is 1.19. The quantitative estimate of drug-likeness (QED) is 0.661. The summed E-state index contributed by atoms with van der Waals surface area (Å²) in [6, 6.07) is 0. The molecule has 0 saturated heterocycles. The molecule has 0 aliphatic heterocycles. The third-order valence-electron chi connectivity index (χ3n) is 1.95. The molecule has 3 heteroatoms. The second-order valence-corrected chi connectivity index (χ2v) is 6.72. The first-order chi connectivity index (χ1) is 5.93. The fourth-order valence-corrected chi connectivity index (χ4v) is 2.33.